The maximum Gasteiger partial charge on any atom is 0.310 e. The van der Waals surface area contributed by atoms with Gasteiger partial charge >= 0.3 is 5.97 Å². The molecule has 0 saturated carbocycles. The first kappa shape index (κ1) is 18.1. The molecule has 26 heavy (non-hydrogen) atoms. The number of esters is 1. The highest BCUT2D eigenvalue weighted by Gasteiger charge is 2.31. The molecule has 138 valence electrons. The maximum absolute atomic E-state index is 14.0. The van der Waals surface area contributed by atoms with Gasteiger partial charge in [0.25, 0.3) is 5.91 Å². The summed E-state index contributed by atoms with van der Waals surface area (Å²) in [5.74, 6) is -1.16. The Labute approximate surface area is 151 Å². The van der Waals surface area contributed by atoms with Crippen LogP contribution in [0, 0.1) is 18.7 Å². The Balaban J connectivity index is 1.80. The topological polar surface area (TPSA) is 64.4 Å². The fraction of sp³-hybridized carbons (Fsp3) is 0.421. The molecule has 1 amide bonds. The third-order valence-corrected chi connectivity index (χ3v) is 4.65. The van der Waals surface area contributed by atoms with Gasteiger partial charge in [-0.1, -0.05) is 12.1 Å². The highest BCUT2D eigenvalue weighted by molar-refractivity contribution is 5.95. The molecule has 1 atom stereocenters. The number of nitrogens with zero attached hydrogens (tertiary/aromatic N) is 3. The molecular weight excluding hydrogens is 337 g/mol. The number of amides is 1. The smallest absolute Gasteiger partial charge is 0.310 e. The highest BCUT2D eigenvalue weighted by atomic mass is 19.1. The Morgan fingerprint density at radius 2 is 2.12 bits per heavy atom. The van der Waals surface area contributed by atoms with Crippen LogP contribution in [0.3, 0.4) is 0 Å². The normalized spacial score (nSPS) is 17.2. The molecule has 0 spiro atoms. The summed E-state index contributed by atoms with van der Waals surface area (Å²) in [6.45, 7) is 4.75. The lowest BCUT2D eigenvalue weighted by atomic mass is 9.97. The predicted octanol–water partition coefficient (Wildman–Crippen LogP) is 2.74. The number of carbonyl (C=O) groups excluding carboxylic acids is 2. The summed E-state index contributed by atoms with van der Waals surface area (Å²) in [4.78, 5) is 26.5. The standard InChI is InChI=1S/C19H22FN3O3/c1-3-26-19(25)14-7-6-10-22(12-14)18(24)15-11-21-23(13(15)2)17-9-5-4-8-16(17)20/h4-5,8-9,11,14H,3,6-7,10,12H2,1-2H3. The second-order valence-corrected chi connectivity index (χ2v) is 6.35. The molecule has 1 fully saturated rings. The van der Waals surface area contributed by atoms with E-state index in [0.29, 0.717) is 36.6 Å². The van der Waals surface area contributed by atoms with Crippen molar-refractivity contribution in [3.05, 3.63) is 47.5 Å². The molecule has 0 aliphatic carbocycles. The largest absolute Gasteiger partial charge is 0.466 e. The number of aromatic nitrogens is 2. The minimum atomic E-state index is -0.405. The fourth-order valence-corrected chi connectivity index (χ4v) is 3.27. The van der Waals surface area contributed by atoms with Crippen LogP contribution in [0.1, 0.15) is 35.8 Å². The summed E-state index contributed by atoms with van der Waals surface area (Å²) in [7, 11) is 0. The molecule has 6 nitrogen and oxygen atoms in total. The quantitative estimate of drug-likeness (QED) is 0.788. The fourth-order valence-electron chi connectivity index (χ4n) is 3.27. The lowest BCUT2D eigenvalue weighted by Gasteiger charge is -2.31. The number of rotatable bonds is 4. The van der Waals surface area contributed by atoms with Crippen LogP contribution in [0.15, 0.2) is 30.5 Å². The molecule has 7 heteroatoms. The third kappa shape index (κ3) is 3.47. The number of likely N-dealkylation sites (tertiary alicyclic amines) is 1. The number of ether oxygens (including phenoxy) is 1. The van der Waals surface area contributed by atoms with Crippen LogP contribution in [-0.2, 0) is 9.53 Å². The molecule has 3 rings (SSSR count). The molecule has 0 bridgehead atoms. The van der Waals surface area contributed by atoms with Crippen molar-refractivity contribution in [3.63, 3.8) is 0 Å². The number of hydrogen-bond acceptors (Lipinski definition) is 4. The number of para-hydroxylation sites is 1. The Hall–Kier alpha value is -2.70. The monoisotopic (exact) mass is 359 g/mol. The zero-order valence-electron chi connectivity index (χ0n) is 14.9. The van der Waals surface area contributed by atoms with Crippen LogP contribution in [-0.4, -0.2) is 46.3 Å². The Kier molecular flexibility index (Phi) is 5.35. The third-order valence-electron chi connectivity index (χ3n) is 4.65. The summed E-state index contributed by atoms with van der Waals surface area (Å²) >= 11 is 0. The summed E-state index contributed by atoms with van der Waals surface area (Å²) in [6, 6.07) is 6.29. The van der Waals surface area contributed by atoms with E-state index in [4.69, 9.17) is 4.74 Å². The summed E-state index contributed by atoms with van der Waals surface area (Å²) in [5, 5.41) is 4.18. The van der Waals surface area contributed by atoms with Crippen molar-refractivity contribution in [1.82, 2.24) is 14.7 Å². The molecule has 2 heterocycles. The molecule has 1 aliphatic heterocycles. The van der Waals surface area contributed by atoms with Crippen LogP contribution in [0.4, 0.5) is 4.39 Å². The minimum Gasteiger partial charge on any atom is -0.466 e. The van der Waals surface area contributed by atoms with E-state index in [1.165, 1.54) is 16.9 Å². The molecule has 1 aliphatic rings. The molecule has 0 radical (unpaired) electrons. The summed E-state index contributed by atoms with van der Waals surface area (Å²) in [5.41, 5.74) is 1.28. The van der Waals surface area contributed by atoms with Crippen molar-refractivity contribution in [2.24, 2.45) is 5.92 Å². The van der Waals surface area contributed by atoms with Crippen LogP contribution in [0.25, 0.3) is 5.69 Å². The Morgan fingerprint density at radius 1 is 1.35 bits per heavy atom. The van der Waals surface area contributed by atoms with Gasteiger partial charge in [-0.25, -0.2) is 9.07 Å². The first-order valence-corrected chi connectivity index (χ1v) is 8.78. The molecule has 1 saturated heterocycles. The summed E-state index contributed by atoms with van der Waals surface area (Å²) in [6.07, 6.45) is 2.92. The van der Waals surface area contributed by atoms with E-state index in [2.05, 4.69) is 5.10 Å². The SMILES string of the molecule is CCOC(=O)C1CCCN(C(=O)c2cnn(-c3ccccc3F)c2C)C1. The van der Waals surface area contributed by atoms with Crippen LogP contribution >= 0.6 is 0 Å². The van der Waals surface area contributed by atoms with E-state index in [-0.39, 0.29) is 17.8 Å². The van der Waals surface area contributed by atoms with Crippen LogP contribution in [0.2, 0.25) is 0 Å². The molecular formula is C19H22FN3O3. The average Bonchev–Trinajstić information content (AvgIpc) is 3.03. The average molecular weight is 359 g/mol. The Bertz CT molecular complexity index is 818. The van der Waals surface area contributed by atoms with E-state index in [9.17, 15) is 14.0 Å². The van der Waals surface area contributed by atoms with Crippen molar-refractivity contribution >= 4 is 11.9 Å². The van der Waals surface area contributed by atoms with Crippen LogP contribution in [0.5, 0.6) is 0 Å². The number of halogens is 1. The number of piperidine rings is 1. The lowest BCUT2D eigenvalue weighted by Crippen LogP contribution is -2.43. The molecule has 0 N–H and O–H groups in total. The van der Waals surface area contributed by atoms with Crippen molar-refractivity contribution in [2.75, 3.05) is 19.7 Å². The molecule has 1 unspecified atom stereocenters. The van der Waals surface area contributed by atoms with Crippen molar-refractivity contribution in [3.8, 4) is 5.69 Å². The minimum absolute atomic E-state index is 0.195. The van der Waals surface area contributed by atoms with Gasteiger partial charge in [0.2, 0.25) is 0 Å². The summed E-state index contributed by atoms with van der Waals surface area (Å²) < 4.78 is 20.5. The van der Waals surface area contributed by atoms with Gasteiger partial charge in [-0.3, -0.25) is 9.59 Å². The van der Waals surface area contributed by atoms with Crippen molar-refractivity contribution in [1.29, 1.82) is 0 Å². The van der Waals surface area contributed by atoms with Crippen LogP contribution < -0.4 is 0 Å². The van der Waals surface area contributed by atoms with E-state index in [0.717, 1.165) is 12.8 Å². The molecule has 1 aromatic heterocycles. The predicted molar refractivity (Wildman–Crippen MR) is 93.5 cm³/mol. The van der Waals surface area contributed by atoms with Crippen molar-refractivity contribution in [2.45, 2.75) is 26.7 Å². The van der Waals surface area contributed by atoms with E-state index in [1.807, 2.05) is 0 Å². The zero-order chi connectivity index (χ0) is 18.7. The molecule has 1 aromatic carbocycles. The van der Waals surface area contributed by atoms with Gasteiger partial charge in [0.15, 0.2) is 0 Å². The van der Waals surface area contributed by atoms with Gasteiger partial charge in [-0.05, 0) is 38.8 Å². The number of carbonyl (C=O) groups is 2. The lowest BCUT2D eigenvalue weighted by molar-refractivity contribution is -0.149. The highest BCUT2D eigenvalue weighted by Crippen LogP contribution is 2.22. The second kappa shape index (κ2) is 7.68. The van der Waals surface area contributed by atoms with E-state index >= 15 is 0 Å². The Morgan fingerprint density at radius 3 is 2.85 bits per heavy atom. The molecule has 2 aromatic rings. The maximum atomic E-state index is 14.0. The zero-order valence-corrected chi connectivity index (χ0v) is 14.9. The van der Waals surface area contributed by atoms with Gasteiger partial charge in [-0.15, -0.1) is 0 Å². The van der Waals surface area contributed by atoms with E-state index in [1.54, 1.807) is 36.9 Å². The van der Waals surface area contributed by atoms with Crippen molar-refractivity contribution < 1.29 is 18.7 Å². The van der Waals surface area contributed by atoms with Gasteiger partial charge in [-0.2, -0.15) is 5.10 Å². The first-order valence-electron chi connectivity index (χ1n) is 8.78. The first-order chi connectivity index (χ1) is 12.5. The number of benzene rings is 1. The second-order valence-electron chi connectivity index (χ2n) is 6.35. The van der Waals surface area contributed by atoms with E-state index < -0.39 is 5.82 Å². The van der Waals surface area contributed by atoms with Gasteiger partial charge in [0.05, 0.1) is 30.0 Å². The van der Waals surface area contributed by atoms with Gasteiger partial charge in [0, 0.05) is 13.1 Å². The van der Waals surface area contributed by atoms with Gasteiger partial charge in [0.1, 0.15) is 11.5 Å². The number of hydrogen-bond donors (Lipinski definition) is 0. The van der Waals surface area contributed by atoms with Gasteiger partial charge < -0.3 is 9.64 Å².